The average molecular weight is 344 g/mol. The third-order valence-electron chi connectivity index (χ3n) is 4.62. The highest BCUT2D eigenvalue weighted by Crippen LogP contribution is 2.31. The minimum Gasteiger partial charge on any atom is -0.341 e. The van der Waals surface area contributed by atoms with Crippen molar-refractivity contribution < 1.29 is 14.0 Å². The average Bonchev–Trinajstić information content (AvgIpc) is 3.09. The molecule has 2 amide bonds. The summed E-state index contributed by atoms with van der Waals surface area (Å²) < 4.78 is 15.2. The Balaban J connectivity index is 1.70. The Morgan fingerprint density at radius 2 is 2.08 bits per heavy atom. The molecule has 0 radical (unpaired) electrons. The molecule has 6 nitrogen and oxygen atoms in total. The molecule has 0 fully saturated rings. The Kier molecular flexibility index (Phi) is 4.57. The van der Waals surface area contributed by atoms with Crippen LogP contribution in [0.2, 0.25) is 0 Å². The van der Waals surface area contributed by atoms with E-state index >= 15 is 0 Å². The van der Waals surface area contributed by atoms with Gasteiger partial charge in [0.05, 0.1) is 23.1 Å². The van der Waals surface area contributed by atoms with E-state index in [2.05, 4.69) is 15.7 Å². The fourth-order valence-electron chi connectivity index (χ4n) is 3.30. The standard InChI is InChI=1S/C18H21FN4O2/c1-4-23-11(3)16(10(2)22-23)21-18(25)17(24)20-15-8-6-12-5-7-13(19)9-14(12)15/h5,7,9,15H,4,6,8H2,1-3H3,(H,20,24)(H,21,25)/t15-/m0/s1. The van der Waals surface area contributed by atoms with Crippen LogP contribution >= 0.6 is 0 Å². The highest BCUT2D eigenvalue weighted by Gasteiger charge is 2.27. The van der Waals surface area contributed by atoms with Gasteiger partial charge in [-0.1, -0.05) is 6.07 Å². The molecule has 0 saturated heterocycles. The maximum Gasteiger partial charge on any atom is 0.313 e. The summed E-state index contributed by atoms with van der Waals surface area (Å²) in [6.45, 7) is 6.25. The van der Waals surface area contributed by atoms with E-state index in [1.807, 2.05) is 13.8 Å². The normalized spacial score (nSPS) is 15.8. The molecule has 1 aromatic heterocycles. The number of aromatic nitrogens is 2. The van der Waals surface area contributed by atoms with Crippen molar-refractivity contribution in [1.82, 2.24) is 15.1 Å². The molecule has 2 aromatic rings. The van der Waals surface area contributed by atoms with E-state index in [9.17, 15) is 14.0 Å². The van der Waals surface area contributed by atoms with Gasteiger partial charge in [0.15, 0.2) is 0 Å². The molecule has 0 spiro atoms. The second kappa shape index (κ2) is 6.66. The van der Waals surface area contributed by atoms with Gasteiger partial charge in [0.1, 0.15) is 5.82 Å². The number of rotatable bonds is 3. The molecule has 1 atom stereocenters. The van der Waals surface area contributed by atoms with Gasteiger partial charge in [-0.2, -0.15) is 5.10 Å². The lowest BCUT2D eigenvalue weighted by atomic mass is 10.1. The third-order valence-corrected chi connectivity index (χ3v) is 4.62. The largest absolute Gasteiger partial charge is 0.341 e. The van der Waals surface area contributed by atoms with E-state index in [1.54, 1.807) is 17.7 Å². The maximum absolute atomic E-state index is 13.4. The van der Waals surface area contributed by atoms with Gasteiger partial charge in [0, 0.05) is 6.54 Å². The van der Waals surface area contributed by atoms with Gasteiger partial charge >= 0.3 is 11.8 Å². The first-order valence-electron chi connectivity index (χ1n) is 8.34. The van der Waals surface area contributed by atoms with E-state index in [1.165, 1.54) is 12.1 Å². The number of hydrogen-bond donors (Lipinski definition) is 2. The molecule has 25 heavy (non-hydrogen) atoms. The first kappa shape index (κ1) is 17.1. The minimum atomic E-state index is -0.744. The van der Waals surface area contributed by atoms with E-state index in [-0.39, 0.29) is 11.9 Å². The zero-order valence-electron chi connectivity index (χ0n) is 14.5. The number of carbonyl (C=O) groups excluding carboxylic acids is 2. The smallest absolute Gasteiger partial charge is 0.313 e. The summed E-state index contributed by atoms with van der Waals surface area (Å²) in [5, 5.41) is 9.64. The van der Waals surface area contributed by atoms with Gasteiger partial charge in [-0.15, -0.1) is 0 Å². The van der Waals surface area contributed by atoms with Crippen molar-refractivity contribution in [2.75, 3.05) is 5.32 Å². The van der Waals surface area contributed by atoms with Crippen LogP contribution in [-0.4, -0.2) is 21.6 Å². The van der Waals surface area contributed by atoms with Gasteiger partial charge in [-0.25, -0.2) is 4.39 Å². The van der Waals surface area contributed by atoms with Crippen molar-refractivity contribution in [3.05, 3.63) is 46.5 Å². The predicted octanol–water partition coefficient (Wildman–Crippen LogP) is 2.40. The summed E-state index contributed by atoms with van der Waals surface area (Å²) in [4.78, 5) is 24.5. The van der Waals surface area contributed by atoms with Crippen LogP contribution in [0.1, 0.15) is 41.9 Å². The molecule has 0 bridgehead atoms. The van der Waals surface area contributed by atoms with Crippen molar-refractivity contribution in [3.8, 4) is 0 Å². The Morgan fingerprint density at radius 1 is 1.32 bits per heavy atom. The molecular formula is C18H21FN4O2. The van der Waals surface area contributed by atoms with E-state index < -0.39 is 11.8 Å². The van der Waals surface area contributed by atoms with Gasteiger partial charge in [0.2, 0.25) is 0 Å². The zero-order valence-corrected chi connectivity index (χ0v) is 14.5. The monoisotopic (exact) mass is 344 g/mol. The van der Waals surface area contributed by atoms with Crippen LogP contribution in [0.15, 0.2) is 18.2 Å². The number of amides is 2. The fourth-order valence-corrected chi connectivity index (χ4v) is 3.30. The van der Waals surface area contributed by atoms with Crippen molar-refractivity contribution >= 4 is 17.5 Å². The number of aryl methyl sites for hydroxylation is 3. The Bertz CT molecular complexity index is 844. The second-order valence-corrected chi connectivity index (χ2v) is 6.22. The Labute approximate surface area is 145 Å². The van der Waals surface area contributed by atoms with Crippen LogP contribution in [0.5, 0.6) is 0 Å². The zero-order chi connectivity index (χ0) is 18.1. The molecule has 132 valence electrons. The first-order valence-corrected chi connectivity index (χ1v) is 8.34. The molecule has 1 aliphatic carbocycles. The van der Waals surface area contributed by atoms with Crippen LogP contribution in [-0.2, 0) is 22.6 Å². The molecule has 7 heteroatoms. The number of carbonyl (C=O) groups is 2. The highest BCUT2D eigenvalue weighted by atomic mass is 19.1. The Morgan fingerprint density at radius 3 is 2.76 bits per heavy atom. The van der Waals surface area contributed by atoms with Gasteiger partial charge < -0.3 is 10.6 Å². The molecule has 0 saturated carbocycles. The summed E-state index contributed by atoms with van der Waals surface area (Å²) in [5.41, 5.74) is 3.76. The number of anilines is 1. The lowest BCUT2D eigenvalue weighted by molar-refractivity contribution is -0.136. The van der Waals surface area contributed by atoms with Crippen molar-refractivity contribution in [1.29, 1.82) is 0 Å². The first-order chi connectivity index (χ1) is 11.9. The molecule has 1 aliphatic rings. The SMILES string of the molecule is CCn1nc(C)c(NC(=O)C(=O)N[C@H]2CCc3ccc(F)cc32)c1C. The van der Waals surface area contributed by atoms with Gasteiger partial charge in [0.25, 0.3) is 0 Å². The fraction of sp³-hybridized carbons (Fsp3) is 0.389. The molecule has 3 rings (SSSR count). The predicted molar refractivity (Wildman–Crippen MR) is 91.6 cm³/mol. The maximum atomic E-state index is 13.4. The number of fused-ring (bicyclic) bond motifs is 1. The summed E-state index contributed by atoms with van der Waals surface area (Å²) in [5.74, 6) is -1.82. The van der Waals surface area contributed by atoms with Gasteiger partial charge in [-0.05, 0) is 56.9 Å². The summed E-state index contributed by atoms with van der Waals surface area (Å²) >= 11 is 0. The number of nitrogens with one attached hydrogen (secondary N) is 2. The number of hydrogen-bond acceptors (Lipinski definition) is 3. The number of halogens is 1. The number of benzene rings is 1. The van der Waals surface area contributed by atoms with Crippen LogP contribution < -0.4 is 10.6 Å². The minimum absolute atomic E-state index is 0.343. The molecule has 0 unspecified atom stereocenters. The van der Waals surface area contributed by atoms with Crippen molar-refractivity contribution in [2.45, 2.75) is 46.2 Å². The van der Waals surface area contributed by atoms with Crippen LogP contribution in [0.4, 0.5) is 10.1 Å². The van der Waals surface area contributed by atoms with E-state index in [0.717, 1.165) is 23.2 Å². The molecular weight excluding hydrogens is 323 g/mol. The topological polar surface area (TPSA) is 76.0 Å². The second-order valence-electron chi connectivity index (χ2n) is 6.22. The van der Waals surface area contributed by atoms with Gasteiger partial charge in [-0.3, -0.25) is 14.3 Å². The lowest BCUT2D eigenvalue weighted by Crippen LogP contribution is -2.37. The Hall–Kier alpha value is -2.70. The van der Waals surface area contributed by atoms with Crippen LogP contribution in [0.25, 0.3) is 0 Å². The summed E-state index contributed by atoms with van der Waals surface area (Å²) in [6.07, 6.45) is 1.41. The molecule has 2 N–H and O–H groups in total. The lowest BCUT2D eigenvalue weighted by Gasteiger charge is -2.14. The highest BCUT2D eigenvalue weighted by molar-refractivity contribution is 6.39. The van der Waals surface area contributed by atoms with E-state index in [0.29, 0.717) is 24.3 Å². The summed E-state index contributed by atoms with van der Waals surface area (Å²) in [6, 6.07) is 4.21. The molecule has 0 aliphatic heterocycles. The molecule has 1 aromatic carbocycles. The number of nitrogens with zero attached hydrogens (tertiary/aromatic N) is 2. The third kappa shape index (κ3) is 3.26. The van der Waals surface area contributed by atoms with Crippen LogP contribution in [0.3, 0.4) is 0 Å². The quantitative estimate of drug-likeness (QED) is 0.840. The van der Waals surface area contributed by atoms with Crippen molar-refractivity contribution in [2.24, 2.45) is 0 Å². The molecule has 1 heterocycles. The van der Waals surface area contributed by atoms with E-state index in [4.69, 9.17) is 0 Å². The van der Waals surface area contributed by atoms with Crippen LogP contribution in [0, 0.1) is 19.7 Å². The van der Waals surface area contributed by atoms with Crippen molar-refractivity contribution in [3.63, 3.8) is 0 Å². The summed E-state index contributed by atoms with van der Waals surface area (Å²) in [7, 11) is 0.